The minimum Gasteiger partial charge on any atom is -0.497 e. The lowest BCUT2D eigenvalue weighted by atomic mass is 9.93. The fourth-order valence-electron chi connectivity index (χ4n) is 11.2. The van der Waals surface area contributed by atoms with Gasteiger partial charge >= 0.3 is 0 Å². The molecule has 3 unspecified atom stereocenters. The second-order valence-corrected chi connectivity index (χ2v) is 20.5. The van der Waals surface area contributed by atoms with Crippen molar-refractivity contribution in [3.63, 3.8) is 0 Å². The summed E-state index contributed by atoms with van der Waals surface area (Å²) in [7, 11) is 1.60. The fraction of sp³-hybridized carbons (Fsp3) is 0.303. The molecule has 80 heavy (non-hydrogen) atoms. The Hall–Kier alpha value is -6.86. The molecule has 2 N–H and O–H groups in total. The Kier molecular flexibility index (Phi) is 17.0. The summed E-state index contributed by atoms with van der Waals surface area (Å²) in [4.78, 5) is 1.58. The summed E-state index contributed by atoms with van der Waals surface area (Å²) in [5.74, 6) is 1.08. The predicted octanol–water partition coefficient (Wildman–Crippen LogP) is 10.5. The first-order valence-corrected chi connectivity index (χ1v) is 27.3. The molecule has 3 fully saturated rings. The van der Waals surface area contributed by atoms with Crippen LogP contribution in [-0.4, -0.2) is 96.8 Å². The van der Waals surface area contributed by atoms with Crippen molar-refractivity contribution >= 4 is 10.8 Å². The number of aliphatic hydroxyl groups excluding tert-OH is 2. The highest BCUT2D eigenvalue weighted by atomic mass is 16.8. The number of rotatable bonds is 20. The smallest absolute Gasteiger partial charge is 0.218 e. The summed E-state index contributed by atoms with van der Waals surface area (Å²) in [5.41, 5.74) is 5.62. The number of benzene rings is 8. The van der Waals surface area contributed by atoms with E-state index in [4.69, 9.17) is 52.1 Å². The van der Waals surface area contributed by atoms with E-state index in [9.17, 15) is 10.2 Å². The molecule has 14 nitrogen and oxygen atoms in total. The van der Waals surface area contributed by atoms with Crippen LogP contribution in [0.5, 0.6) is 11.5 Å². The molecule has 0 radical (unpaired) electrons. The minimum absolute atomic E-state index is 0.00747. The Morgan fingerprint density at radius 3 is 1.69 bits per heavy atom. The number of hydrogen-bond acceptors (Lipinski definition) is 14. The van der Waals surface area contributed by atoms with Gasteiger partial charge in [-0.3, -0.25) is 0 Å². The zero-order chi connectivity index (χ0) is 54.2. The van der Waals surface area contributed by atoms with Crippen LogP contribution < -0.4 is 9.47 Å². The zero-order valence-electron chi connectivity index (χ0n) is 44.3. The molecule has 4 heterocycles. The average Bonchev–Trinajstić information content (AvgIpc) is 3.79. The molecule has 0 aromatic heterocycles. The Bertz CT molecular complexity index is 3190. The first-order chi connectivity index (χ1) is 39.4. The van der Waals surface area contributed by atoms with Gasteiger partial charge in [0.2, 0.25) is 6.29 Å². The van der Waals surface area contributed by atoms with Gasteiger partial charge in [-0.2, -0.15) is 0 Å². The van der Waals surface area contributed by atoms with E-state index in [-0.39, 0.29) is 39.6 Å². The molecule has 12 rings (SSSR count). The fourth-order valence-corrected chi connectivity index (χ4v) is 11.2. The van der Waals surface area contributed by atoms with Gasteiger partial charge in [0, 0.05) is 16.7 Å². The summed E-state index contributed by atoms with van der Waals surface area (Å²) in [6, 6.07) is 67.3. The van der Waals surface area contributed by atoms with Crippen LogP contribution in [0.4, 0.5) is 0 Å². The lowest BCUT2D eigenvalue weighted by molar-refractivity contribution is -0.393. The van der Waals surface area contributed by atoms with E-state index in [1.165, 1.54) is 0 Å². The number of nitrogens with zero attached hydrogens (tertiary/aromatic N) is 1. The van der Waals surface area contributed by atoms with Crippen LogP contribution in [0, 0.1) is 0 Å². The van der Waals surface area contributed by atoms with Crippen molar-refractivity contribution in [2.75, 3.05) is 20.3 Å². The molecule has 0 saturated carbocycles. The summed E-state index contributed by atoms with van der Waals surface area (Å²) in [6.07, 6.45) is -12.0. The molecule has 4 aliphatic rings. The summed E-state index contributed by atoms with van der Waals surface area (Å²) in [6.45, 7) is 0.862. The monoisotopic (exact) mass is 1080 g/mol. The molecule has 0 aliphatic carbocycles. The summed E-state index contributed by atoms with van der Waals surface area (Å²) >= 11 is 0. The third kappa shape index (κ3) is 12.1. The Morgan fingerprint density at radius 2 is 1.04 bits per heavy atom. The molecule has 8 aromatic rings. The van der Waals surface area contributed by atoms with Crippen molar-refractivity contribution < 1.29 is 62.3 Å². The predicted molar refractivity (Wildman–Crippen MR) is 296 cm³/mol. The molecule has 0 bridgehead atoms. The van der Waals surface area contributed by atoms with Crippen LogP contribution in [0.3, 0.4) is 0 Å². The molecule has 3 saturated heterocycles. The second kappa shape index (κ2) is 25.3. The maximum absolute atomic E-state index is 12.5. The molecule has 0 spiro atoms. The van der Waals surface area contributed by atoms with Crippen molar-refractivity contribution in [2.24, 2.45) is 0 Å². The van der Waals surface area contributed by atoms with Crippen molar-refractivity contribution in [3.05, 3.63) is 251 Å². The third-order valence-corrected chi connectivity index (χ3v) is 15.3. The summed E-state index contributed by atoms with van der Waals surface area (Å²) < 4.78 is 75.9. The van der Waals surface area contributed by atoms with E-state index < -0.39 is 80.1 Å². The molecule has 412 valence electrons. The van der Waals surface area contributed by atoms with Crippen LogP contribution in [0.2, 0.25) is 0 Å². The standard InChI is InChI=1S/C66H65NO13/c1-70-50-32-34-51(35-33-50)76-65-56(67-62(68)52-28-16-17-29-53(52)63(67)69)59(72-38-44-20-8-3-9-21-44)57(54(77-65)41-71-37-43-18-6-2-7-19-43)80-66-61(74-39-45-22-10-4-11-23-45)60(73-40-46-30-31-47-24-14-15-27-49(47)36-46)58-55(78-66)42-75-64(79-58)48-25-12-5-13-26-48/h2-36,54-66,68-69H,37-42H2,1H3/t54-,55+,56-,57-,58+,59-,60-,61-,62?,63?,64?,65-,66-/m1/s1. The molecule has 8 aromatic carbocycles. The summed E-state index contributed by atoms with van der Waals surface area (Å²) in [5, 5.41) is 27.2. The van der Waals surface area contributed by atoms with Crippen LogP contribution in [0.1, 0.15) is 57.7 Å². The third-order valence-electron chi connectivity index (χ3n) is 15.3. The Morgan fingerprint density at radius 1 is 0.487 bits per heavy atom. The normalized spacial score (nSPS) is 27.5. The molecular formula is C66H65NO13. The zero-order valence-corrected chi connectivity index (χ0v) is 44.3. The molecule has 14 heteroatoms. The van der Waals surface area contributed by atoms with Gasteiger partial charge in [0.05, 0.1) is 46.8 Å². The van der Waals surface area contributed by atoms with Gasteiger partial charge in [0.15, 0.2) is 12.6 Å². The van der Waals surface area contributed by atoms with E-state index >= 15 is 0 Å². The maximum atomic E-state index is 12.5. The van der Waals surface area contributed by atoms with E-state index in [1.54, 1.807) is 48.4 Å². The number of methoxy groups -OCH3 is 1. The lowest BCUT2D eigenvalue weighted by Gasteiger charge is -2.53. The SMILES string of the molecule is COc1ccc(O[C@@H]2O[C@H](COCc3ccccc3)[C@@H](O[C@H]3O[C@H]4COC(c5ccccc5)O[C@@H]4[C@@H](OCc4ccc5ccccc5c4)[C@H]3OCc3ccccc3)[C@H](OCc3ccccc3)[C@H]2N2C(O)c3ccccc3C2O)cc1. The van der Waals surface area contributed by atoms with Gasteiger partial charge < -0.3 is 62.3 Å². The number of fused-ring (bicyclic) bond motifs is 3. The topological polar surface area (TPSA) is 145 Å². The highest BCUT2D eigenvalue weighted by molar-refractivity contribution is 5.83. The first-order valence-electron chi connectivity index (χ1n) is 27.3. The van der Waals surface area contributed by atoms with Crippen LogP contribution in [0.15, 0.2) is 212 Å². The number of ether oxygens (including phenoxy) is 11. The lowest BCUT2D eigenvalue weighted by Crippen LogP contribution is -2.69. The largest absolute Gasteiger partial charge is 0.497 e. The Labute approximate surface area is 465 Å². The Balaban J connectivity index is 0.963. The minimum atomic E-state index is -1.32. The molecular weight excluding hydrogens is 1010 g/mol. The van der Waals surface area contributed by atoms with Gasteiger partial charge in [0.1, 0.15) is 72.7 Å². The highest BCUT2D eigenvalue weighted by Crippen LogP contribution is 2.47. The van der Waals surface area contributed by atoms with E-state index in [0.717, 1.165) is 38.6 Å². The average molecular weight is 1080 g/mol. The van der Waals surface area contributed by atoms with Gasteiger partial charge in [-0.15, -0.1) is 0 Å². The first kappa shape index (κ1) is 53.8. The van der Waals surface area contributed by atoms with Crippen LogP contribution in [0.25, 0.3) is 10.8 Å². The van der Waals surface area contributed by atoms with Crippen molar-refractivity contribution in [1.82, 2.24) is 4.90 Å². The second-order valence-electron chi connectivity index (χ2n) is 20.5. The molecule has 4 aliphatic heterocycles. The van der Waals surface area contributed by atoms with E-state index in [0.29, 0.717) is 22.6 Å². The van der Waals surface area contributed by atoms with E-state index in [2.05, 4.69) is 30.3 Å². The number of aliphatic hydroxyl groups is 2. The van der Waals surface area contributed by atoms with Gasteiger partial charge in [0.25, 0.3) is 0 Å². The van der Waals surface area contributed by atoms with E-state index in [1.807, 2.05) is 146 Å². The van der Waals surface area contributed by atoms with Crippen molar-refractivity contribution in [1.29, 1.82) is 0 Å². The molecule has 13 atom stereocenters. The van der Waals surface area contributed by atoms with Crippen molar-refractivity contribution in [2.45, 2.75) is 107 Å². The van der Waals surface area contributed by atoms with Crippen LogP contribution in [-0.2, 0) is 69.1 Å². The van der Waals surface area contributed by atoms with Gasteiger partial charge in [-0.25, -0.2) is 4.90 Å². The highest BCUT2D eigenvalue weighted by Gasteiger charge is 2.59. The molecule has 0 amide bonds. The quantitative estimate of drug-likeness (QED) is 0.0747. The van der Waals surface area contributed by atoms with Gasteiger partial charge in [-0.1, -0.05) is 182 Å². The van der Waals surface area contributed by atoms with Gasteiger partial charge in [-0.05, 0) is 63.4 Å². The number of hydrogen-bond donors (Lipinski definition) is 2. The van der Waals surface area contributed by atoms with Crippen molar-refractivity contribution in [3.8, 4) is 11.5 Å². The van der Waals surface area contributed by atoms with Crippen LogP contribution >= 0.6 is 0 Å². The maximum Gasteiger partial charge on any atom is 0.218 e.